The van der Waals surface area contributed by atoms with E-state index in [4.69, 9.17) is 4.74 Å². The molecule has 0 aromatic carbocycles. The van der Waals surface area contributed by atoms with E-state index >= 15 is 0 Å². The summed E-state index contributed by atoms with van der Waals surface area (Å²) >= 11 is 1.64. The Bertz CT molecular complexity index is 342. The molecule has 0 aliphatic carbocycles. The molecule has 0 saturated carbocycles. The number of nitrogens with zero attached hydrogens (tertiary/aromatic N) is 1. The Hall–Kier alpha value is -0.740. The maximum Gasteiger partial charge on any atom is 0.135 e. The maximum absolute atomic E-state index is 10.9. The molecule has 0 amide bonds. The number of ether oxygens (including phenoxy) is 1. The molecule has 2 rings (SSSR count). The number of Topliss-reactive ketones (excluding diaryl/α,β-unsaturated/α-hetero) is 1. The monoisotopic (exact) mass is 225 g/mol. The second-order valence-corrected chi connectivity index (χ2v) is 4.89. The van der Waals surface area contributed by atoms with E-state index in [0.29, 0.717) is 12.5 Å². The van der Waals surface area contributed by atoms with Gasteiger partial charge in [-0.05, 0) is 19.8 Å². The van der Waals surface area contributed by atoms with E-state index in [1.165, 1.54) is 0 Å². The van der Waals surface area contributed by atoms with Gasteiger partial charge in [0.25, 0.3) is 0 Å². The molecule has 1 unspecified atom stereocenters. The lowest BCUT2D eigenvalue weighted by Crippen LogP contribution is -2.08. The van der Waals surface area contributed by atoms with Crippen LogP contribution >= 0.6 is 11.3 Å². The first-order valence-corrected chi connectivity index (χ1v) is 6.16. The Labute approximate surface area is 93.5 Å². The van der Waals surface area contributed by atoms with E-state index < -0.39 is 0 Å². The Balaban J connectivity index is 1.91. The predicted octanol–water partition coefficient (Wildman–Crippen LogP) is 2.00. The van der Waals surface area contributed by atoms with Crippen LogP contribution < -0.4 is 0 Å². The quantitative estimate of drug-likeness (QED) is 0.786. The highest BCUT2D eigenvalue weighted by molar-refractivity contribution is 7.09. The lowest BCUT2D eigenvalue weighted by molar-refractivity contribution is -0.116. The van der Waals surface area contributed by atoms with Crippen LogP contribution in [0.2, 0.25) is 0 Å². The molecule has 1 aliphatic rings. The molecule has 1 atom stereocenters. The summed E-state index contributed by atoms with van der Waals surface area (Å²) in [7, 11) is 0. The minimum Gasteiger partial charge on any atom is -0.378 e. The number of hydrogen-bond acceptors (Lipinski definition) is 4. The number of aromatic nitrogens is 1. The number of thiazole rings is 1. The van der Waals surface area contributed by atoms with Crippen molar-refractivity contribution < 1.29 is 9.53 Å². The average Bonchev–Trinajstić information content (AvgIpc) is 2.77. The summed E-state index contributed by atoms with van der Waals surface area (Å²) in [5.41, 5.74) is 0.903. The van der Waals surface area contributed by atoms with Crippen LogP contribution in [0.5, 0.6) is 0 Å². The molecule has 2 heterocycles. The SMILES string of the molecule is CC(=O)Cc1csc(CC2CCCO2)n1. The third-order valence-electron chi connectivity index (χ3n) is 2.46. The maximum atomic E-state index is 10.9. The van der Waals surface area contributed by atoms with E-state index in [-0.39, 0.29) is 5.78 Å². The summed E-state index contributed by atoms with van der Waals surface area (Å²) in [4.78, 5) is 15.3. The number of rotatable bonds is 4. The van der Waals surface area contributed by atoms with E-state index in [0.717, 1.165) is 36.6 Å². The minimum absolute atomic E-state index is 0.170. The molecule has 1 saturated heterocycles. The van der Waals surface area contributed by atoms with Gasteiger partial charge in [0, 0.05) is 24.8 Å². The van der Waals surface area contributed by atoms with Gasteiger partial charge in [-0.3, -0.25) is 4.79 Å². The molecule has 0 spiro atoms. The molecule has 0 N–H and O–H groups in total. The Morgan fingerprint density at radius 3 is 3.27 bits per heavy atom. The fourth-order valence-electron chi connectivity index (χ4n) is 1.78. The van der Waals surface area contributed by atoms with Gasteiger partial charge >= 0.3 is 0 Å². The van der Waals surface area contributed by atoms with Crippen molar-refractivity contribution in [3.05, 3.63) is 16.1 Å². The van der Waals surface area contributed by atoms with Crippen LogP contribution in [0, 0.1) is 0 Å². The van der Waals surface area contributed by atoms with Crippen LogP contribution in [0.15, 0.2) is 5.38 Å². The van der Waals surface area contributed by atoms with Gasteiger partial charge < -0.3 is 4.74 Å². The second kappa shape index (κ2) is 4.86. The molecule has 1 aliphatic heterocycles. The van der Waals surface area contributed by atoms with Crippen LogP contribution in [0.4, 0.5) is 0 Å². The first kappa shape index (κ1) is 10.8. The zero-order valence-electron chi connectivity index (χ0n) is 8.86. The number of carbonyl (C=O) groups excluding carboxylic acids is 1. The highest BCUT2D eigenvalue weighted by Gasteiger charge is 2.17. The van der Waals surface area contributed by atoms with Crippen molar-refractivity contribution in [2.75, 3.05) is 6.61 Å². The Kier molecular flexibility index (Phi) is 3.49. The van der Waals surface area contributed by atoms with Crippen molar-refractivity contribution >= 4 is 17.1 Å². The van der Waals surface area contributed by atoms with Crippen molar-refractivity contribution in [2.24, 2.45) is 0 Å². The molecule has 1 aromatic rings. The summed E-state index contributed by atoms with van der Waals surface area (Å²) in [6, 6.07) is 0. The topological polar surface area (TPSA) is 39.2 Å². The van der Waals surface area contributed by atoms with Crippen molar-refractivity contribution in [2.45, 2.75) is 38.7 Å². The van der Waals surface area contributed by atoms with Crippen LogP contribution in [0.3, 0.4) is 0 Å². The molecule has 1 fully saturated rings. The smallest absolute Gasteiger partial charge is 0.135 e. The van der Waals surface area contributed by atoms with Gasteiger partial charge in [-0.15, -0.1) is 11.3 Å². The van der Waals surface area contributed by atoms with Crippen molar-refractivity contribution in [3.63, 3.8) is 0 Å². The lowest BCUT2D eigenvalue weighted by Gasteiger charge is -2.05. The highest BCUT2D eigenvalue weighted by atomic mass is 32.1. The van der Waals surface area contributed by atoms with Crippen LogP contribution in [-0.4, -0.2) is 23.5 Å². The van der Waals surface area contributed by atoms with Gasteiger partial charge in [-0.2, -0.15) is 0 Å². The summed E-state index contributed by atoms with van der Waals surface area (Å²) < 4.78 is 5.55. The highest BCUT2D eigenvalue weighted by Crippen LogP contribution is 2.19. The van der Waals surface area contributed by atoms with E-state index in [9.17, 15) is 4.79 Å². The van der Waals surface area contributed by atoms with E-state index in [2.05, 4.69) is 4.98 Å². The molecule has 15 heavy (non-hydrogen) atoms. The Morgan fingerprint density at radius 2 is 2.60 bits per heavy atom. The number of hydrogen-bond donors (Lipinski definition) is 0. The lowest BCUT2D eigenvalue weighted by atomic mass is 10.2. The summed E-state index contributed by atoms with van der Waals surface area (Å²) in [6.45, 7) is 2.48. The zero-order chi connectivity index (χ0) is 10.7. The van der Waals surface area contributed by atoms with Gasteiger partial charge in [-0.1, -0.05) is 0 Å². The van der Waals surface area contributed by atoms with Crippen LogP contribution in [0.25, 0.3) is 0 Å². The fraction of sp³-hybridized carbons (Fsp3) is 0.636. The van der Waals surface area contributed by atoms with Gasteiger partial charge in [0.1, 0.15) is 5.78 Å². The molecule has 3 nitrogen and oxygen atoms in total. The van der Waals surface area contributed by atoms with Gasteiger partial charge in [-0.25, -0.2) is 4.98 Å². The summed E-state index contributed by atoms with van der Waals surface area (Å²) in [6.07, 6.45) is 4.02. The van der Waals surface area contributed by atoms with Gasteiger partial charge in [0.2, 0.25) is 0 Å². The van der Waals surface area contributed by atoms with Crippen LogP contribution in [0.1, 0.15) is 30.5 Å². The first-order chi connectivity index (χ1) is 7.24. The van der Waals surface area contributed by atoms with Crippen molar-refractivity contribution in [1.29, 1.82) is 0 Å². The predicted molar refractivity (Wildman–Crippen MR) is 59.2 cm³/mol. The third kappa shape index (κ3) is 3.11. The van der Waals surface area contributed by atoms with Crippen LogP contribution in [-0.2, 0) is 22.4 Å². The molecule has 0 radical (unpaired) electrons. The fourth-order valence-corrected chi connectivity index (χ4v) is 2.64. The normalized spacial score (nSPS) is 20.7. The summed E-state index contributed by atoms with van der Waals surface area (Å²) in [5, 5.41) is 3.07. The Morgan fingerprint density at radius 1 is 1.73 bits per heavy atom. The molecule has 0 bridgehead atoms. The molecule has 4 heteroatoms. The second-order valence-electron chi connectivity index (χ2n) is 3.95. The van der Waals surface area contributed by atoms with Crippen molar-refractivity contribution in [3.8, 4) is 0 Å². The minimum atomic E-state index is 0.170. The van der Waals surface area contributed by atoms with Crippen molar-refractivity contribution in [1.82, 2.24) is 4.98 Å². The molecule has 1 aromatic heterocycles. The number of ketones is 1. The molecular weight excluding hydrogens is 210 g/mol. The largest absolute Gasteiger partial charge is 0.378 e. The third-order valence-corrected chi connectivity index (χ3v) is 3.38. The zero-order valence-corrected chi connectivity index (χ0v) is 9.68. The average molecular weight is 225 g/mol. The standard InChI is InChI=1S/C11H15NO2S/c1-8(13)5-9-7-15-11(12-9)6-10-3-2-4-14-10/h7,10H,2-6H2,1H3. The summed E-state index contributed by atoms with van der Waals surface area (Å²) in [5.74, 6) is 0.170. The van der Waals surface area contributed by atoms with E-state index in [1.807, 2.05) is 5.38 Å². The molecule has 82 valence electrons. The number of carbonyl (C=O) groups is 1. The van der Waals surface area contributed by atoms with Gasteiger partial charge in [0.15, 0.2) is 0 Å². The van der Waals surface area contributed by atoms with Gasteiger partial charge in [0.05, 0.1) is 16.8 Å². The van der Waals surface area contributed by atoms with E-state index in [1.54, 1.807) is 18.3 Å². The molecular formula is C11H15NO2S. The first-order valence-electron chi connectivity index (χ1n) is 5.28.